The van der Waals surface area contributed by atoms with E-state index in [1.165, 1.54) is 33.4 Å². The monoisotopic (exact) mass is 330 g/mol. The van der Waals surface area contributed by atoms with E-state index < -0.39 is 0 Å². The van der Waals surface area contributed by atoms with Gasteiger partial charge in [-0.05, 0) is 57.9 Å². The van der Waals surface area contributed by atoms with Crippen molar-refractivity contribution in [2.24, 2.45) is 0 Å². The first kappa shape index (κ1) is 17.3. The summed E-state index contributed by atoms with van der Waals surface area (Å²) in [6.45, 7) is 6.73. The predicted octanol–water partition coefficient (Wildman–Crippen LogP) is 6.80. The van der Waals surface area contributed by atoms with Crippen molar-refractivity contribution in [3.8, 4) is 28.0 Å². The minimum absolute atomic E-state index is 0.307. The maximum atomic E-state index is 9.71. The molecular formula is C24H26O. The fourth-order valence-corrected chi connectivity index (χ4v) is 3.49. The second kappa shape index (κ2) is 7.57. The fraction of sp³-hybridized carbons (Fsp3) is 0.250. The van der Waals surface area contributed by atoms with Crippen LogP contribution >= 0.6 is 0 Å². The van der Waals surface area contributed by atoms with Crippen LogP contribution in [0.5, 0.6) is 5.75 Å². The smallest absolute Gasteiger partial charge is 0.115 e. The number of phenols is 1. The molecule has 0 amide bonds. The van der Waals surface area contributed by atoms with Gasteiger partial charge in [-0.15, -0.1) is 0 Å². The molecule has 0 spiro atoms. The molecule has 3 aromatic rings. The van der Waals surface area contributed by atoms with Crippen LogP contribution in [0.4, 0.5) is 0 Å². The summed E-state index contributed by atoms with van der Waals surface area (Å²) in [5.41, 5.74) is 7.80. The molecule has 3 aromatic carbocycles. The summed E-state index contributed by atoms with van der Waals surface area (Å²) in [5.74, 6) is 0.754. The zero-order valence-electron chi connectivity index (χ0n) is 15.3. The highest BCUT2D eigenvalue weighted by Crippen LogP contribution is 2.41. The van der Waals surface area contributed by atoms with Gasteiger partial charge in [0.05, 0.1) is 0 Å². The molecule has 0 saturated heterocycles. The van der Waals surface area contributed by atoms with Crippen LogP contribution in [0.3, 0.4) is 0 Å². The quantitative estimate of drug-likeness (QED) is 0.545. The molecule has 25 heavy (non-hydrogen) atoms. The fourth-order valence-electron chi connectivity index (χ4n) is 3.49. The number of aromatic hydroxyl groups is 1. The second-order valence-corrected chi connectivity index (χ2v) is 6.88. The van der Waals surface area contributed by atoms with E-state index >= 15 is 0 Å². The van der Waals surface area contributed by atoms with Gasteiger partial charge in [0.15, 0.2) is 0 Å². The van der Waals surface area contributed by atoms with E-state index in [4.69, 9.17) is 0 Å². The lowest BCUT2D eigenvalue weighted by Crippen LogP contribution is -2.00. The Balaban J connectivity index is 2.35. The van der Waals surface area contributed by atoms with Crippen molar-refractivity contribution in [1.29, 1.82) is 0 Å². The Morgan fingerprint density at radius 2 is 1.40 bits per heavy atom. The Labute approximate surface area is 151 Å². The van der Waals surface area contributed by atoms with E-state index in [2.05, 4.69) is 63.2 Å². The van der Waals surface area contributed by atoms with Gasteiger partial charge in [0.1, 0.15) is 5.75 Å². The minimum atomic E-state index is 0.307. The van der Waals surface area contributed by atoms with Crippen molar-refractivity contribution in [3.63, 3.8) is 0 Å². The first-order valence-corrected chi connectivity index (χ1v) is 9.12. The largest absolute Gasteiger partial charge is 0.508 e. The van der Waals surface area contributed by atoms with Crippen LogP contribution in [-0.4, -0.2) is 5.11 Å². The molecule has 3 rings (SSSR count). The molecule has 0 unspecified atom stereocenters. The van der Waals surface area contributed by atoms with Gasteiger partial charge in [-0.3, -0.25) is 0 Å². The molecule has 0 atom stereocenters. The number of aryl methyl sites for hydroxylation is 1. The van der Waals surface area contributed by atoms with Gasteiger partial charge in [-0.2, -0.15) is 0 Å². The summed E-state index contributed by atoms with van der Waals surface area (Å²) >= 11 is 0. The van der Waals surface area contributed by atoms with Gasteiger partial charge in [0.25, 0.3) is 0 Å². The van der Waals surface area contributed by atoms with E-state index in [1.807, 2.05) is 12.1 Å². The molecule has 0 heterocycles. The van der Waals surface area contributed by atoms with Crippen LogP contribution in [-0.2, 0) is 6.42 Å². The zero-order valence-corrected chi connectivity index (χ0v) is 15.3. The molecule has 0 aliphatic carbocycles. The second-order valence-electron chi connectivity index (χ2n) is 6.88. The molecule has 0 bridgehead atoms. The molecule has 0 aliphatic rings. The first-order valence-electron chi connectivity index (χ1n) is 9.12. The van der Waals surface area contributed by atoms with Gasteiger partial charge in [-0.1, -0.05) is 81.8 Å². The summed E-state index contributed by atoms with van der Waals surface area (Å²) in [6.07, 6.45) is 2.16. The number of hydrogen-bond acceptors (Lipinski definition) is 1. The molecule has 0 aromatic heterocycles. The topological polar surface area (TPSA) is 20.2 Å². The van der Waals surface area contributed by atoms with Crippen LogP contribution in [0.2, 0.25) is 0 Å². The number of benzene rings is 3. The summed E-state index contributed by atoms with van der Waals surface area (Å²) in [5, 5.41) is 9.71. The first-order chi connectivity index (χ1) is 12.1. The maximum Gasteiger partial charge on any atom is 0.115 e. The minimum Gasteiger partial charge on any atom is -0.508 e. The van der Waals surface area contributed by atoms with Crippen molar-refractivity contribution in [1.82, 2.24) is 0 Å². The van der Waals surface area contributed by atoms with Crippen LogP contribution in [0.1, 0.15) is 44.2 Å². The number of rotatable bonds is 5. The summed E-state index contributed by atoms with van der Waals surface area (Å²) in [4.78, 5) is 0. The Hall–Kier alpha value is -2.54. The molecule has 1 heteroatoms. The van der Waals surface area contributed by atoms with Gasteiger partial charge < -0.3 is 5.11 Å². The molecule has 0 saturated carbocycles. The van der Waals surface area contributed by atoms with E-state index in [1.54, 1.807) is 12.1 Å². The van der Waals surface area contributed by atoms with Gasteiger partial charge in [0.2, 0.25) is 0 Å². The zero-order chi connectivity index (χ0) is 17.8. The maximum absolute atomic E-state index is 9.71. The number of phenolic OH excluding ortho intramolecular Hbond substituents is 1. The lowest BCUT2D eigenvalue weighted by molar-refractivity contribution is 0.475. The molecule has 1 N–H and O–H groups in total. The lowest BCUT2D eigenvalue weighted by Gasteiger charge is -2.21. The SMILES string of the molecule is CCCc1ccc(C(C)C)c(-c2ccccc2)c1-c1ccc(O)cc1. The molecule has 128 valence electrons. The van der Waals surface area contributed by atoms with Crippen LogP contribution in [0.25, 0.3) is 22.3 Å². The van der Waals surface area contributed by atoms with E-state index in [9.17, 15) is 5.11 Å². The van der Waals surface area contributed by atoms with Crippen molar-refractivity contribution in [2.75, 3.05) is 0 Å². The Morgan fingerprint density at radius 3 is 2.00 bits per heavy atom. The molecule has 1 nitrogen and oxygen atoms in total. The molecule has 0 radical (unpaired) electrons. The summed E-state index contributed by atoms with van der Waals surface area (Å²) < 4.78 is 0. The van der Waals surface area contributed by atoms with Crippen LogP contribution in [0.15, 0.2) is 66.7 Å². The van der Waals surface area contributed by atoms with E-state index in [0.717, 1.165) is 12.8 Å². The average molecular weight is 330 g/mol. The molecule has 0 fully saturated rings. The van der Waals surface area contributed by atoms with Crippen molar-refractivity contribution >= 4 is 0 Å². The standard InChI is InChI=1S/C24H26O/c1-4-8-18-13-16-22(17(2)3)24(19-9-6-5-7-10-19)23(18)20-11-14-21(25)15-12-20/h5-7,9-17,25H,4,8H2,1-3H3. The third-order valence-corrected chi connectivity index (χ3v) is 4.68. The lowest BCUT2D eigenvalue weighted by atomic mass is 9.82. The third kappa shape index (κ3) is 3.61. The highest BCUT2D eigenvalue weighted by atomic mass is 16.3. The number of hydrogen-bond donors (Lipinski definition) is 1. The average Bonchev–Trinajstić information content (AvgIpc) is 2.63. The van der Waals surface area contributed by atoms with E-state index in [0.29, 0.717) is 11.7 Å². The van der Waals surface area contributed by atoms with Crippen LogP contribution in [0, 0.1) is 0 Å². The third-order valence-electron chi connectivity index (χ3n) is 4.68. The Bertz CT molecular complexity index is 830. The van der Waals surface area contributed by atoms with Gasteiger partial charge >= 0.3 is 0 Å². The van der Waals surface area contributed by atoms with Crippen molar-refractivity contribution < 1.29 is 5.11 Å². The van der Waals surface area contributed by atoms with Gasteiger partial charge in [-0.25, -0.2) is 0 Å². The molecular weight excluding hydrogens is 304 g/mol. The highest BCUT2D eigenvalue weighted by Gasteiger charge is 2.18. The summed E-state index contributed by atoms with van der Waals surface area (Å²) in [6, 6.07) is 22.9. The van der Waals surface area contributed by atoms with Crippen molar-refractivity contribution in [2.45, 2.75) is 39.5 Å². The van der Waals surface area contributed by atoms with Gasteiger partial charge in [0, 0.05) is 0 Å². The predicted molar refractivity (Wildman–Crippen MR) is 107 cm³/mol. The Kier molecular flexibility index (Phi) is 5.23. The van der Waals surface area contributed by atoms with Crippen LogP contribution < -0.4 is 0 Å². The normalized spacial score (nSPS) is 11.0. The highest BCUT2D eigenvalue weighted by molar-refractivity contribution is 5.88. The van der Waals surface area contributed by atoms with Crippen molar-refractivity contribution in [3.05, 3.63) is 77.9 Å². The summed E-state index contributed by atoms with van der Waals surface area (Å²) in [7, 11) is 0. The Morgan fingerprint density at radius 1 is 0.760 bits per heavy atom. The molecule has 0 aliphatic heterocycles. The van der Waals surface area contributed by atoms with E-state index in [-0.39, 0.29) is 0 Å².